The quantitative estimate of drug-likeness (QED) is 0.792. The van der Waals surface area contributed by atoms with E-state index in [0.717, 1.165) is 0 Å². The minimum Gasteiger partial charge on any atom is -0.288 e. The number of aromatic nitrogens is 2. The maximum Gasteiger partial charge on any atom is 0.229 e. The Morgan fingerprint density at radius 3 is 3.00 bits per heavy atom. The molecule has 1 aromatic heterocycles. The van der Waals surface area contributed by atoms with Gasteiger partial charge in [-0.2, -0.15) is 9.36 Å². The third kappa shape index (κ3) is 3.24. The molecule has 1 saturated heterocycles. The summed E-state index contributed by atoms with van der Waals surface area (Å²) in [6.07, 6.45) is 2.40. The molecule has 1 aliphatic heterocycles. The van der Waals surface area contributed by atoms with Crippen LogP contribution in [0.25, 0.3) is 0 Å². The van der Waals surface area contributed by atoms with Gasteiger partial charge in [0.15, 0.2) is 5.12 Å². The summed E-state index contributed by atoms with van der Waals surface area (Å²) >= 11 is 4.00. The van der Waals surface area contributed by atoms with Gasteiger partial charge in [0, 0.05) is 37.2 Å². The Morgan fingerprint density at radius 1 is 1.61 bits per heavy atom. The molecule has 0 bridgehead atoms. The summed E-state index contributed by atoms with van der Waals surface area (Å²) < 4.78 is 4.15. The molecule has 0 saturated carbocycles. The monoisotopic (exact) mass is 303 g/mol. The number of amides is 1. The average molecular weight is 303 g/mol. The zero-order valence-corrected chi connectivity index (χ0v) is 12.5. The van der Waals surface area contributed by atoms with Gasteiger partial charge in [-0.1, -0.05) is 23.5 Å². The molecular weight excluding hydrogens is 290 g/mol. The minimum atomic E-state index is 0.0768. The third-order valence-corrected chi connectivity index (χ3v) is 4.98. The fourth-order valence-corrected chi connectivity index (χ4v) is 3.65. The molecule has 0 aliphatic carbocycles. The van der Waals surface area contributed by atoms with Crippen LogP contribution >= 0.6 is 35.1 Å². The van der Waals surface area contributed by atoms with Crippen LogP contribution in [0, 0.1) is 5.92 Å². The Morgan fingerprint density at radius 2 is 2.39 bits per heavy atom. The molecule has 0 radical (unpaired) electrons. The predicted octanol–water partition coefficient (Wildman–Crippen LogP) is 1.89. The lowest BCUT2D eigenvalue weighted by Crippen LogP contribution is -2.24. The zero-order valence-electron chi connectivity index (χ0n) is 10.1. The zero-order chi connectivity index (χ0) is 13.1. The number of hydrogen-bond donors (Lipinski definition) is 0. The molecule has 98 valence electrons. The molecule has 0 aromatic carbocycles. The first-order valence-electron chi connectivity index (χ1n) is 5.41. The van der Waals surface area contributed by atoms with Crippen LogP contribution in [0.4, 0.5) is 5.13 Å². The molecule has 0 N–H and O–H groups in total. The number of carbonyl (C=O) groups excluding carboxylic acids is 2. The smallest absolute Gasteiger partial charge is 0.229 e. The SMILES string of the molecule is CSc1nsc(N2CC(CSC(C)=O)CC2=O)n1. The summed E-state index contributed by atoms with van der Waals surface area (Å²) in [6, 6.07) is 0. The average Bonchev–Trinajstić information content (AvgIpc) is 2.92. The molecule has 2 heterocycles. The van der Waals surface area contributed by atoms with E-state index >= 15 is 0 Å². The molecule has 1 atom stereocenters. The highest BCUT2D eigenvalue weighted by Crippen LogP contribution is 2.29. The topological polar surface area (TPSA) is 63.2 Å². The van der Waals surface area contributed by atoms with E-state index < -0.39 is 0 Å². The van der Waals surface area contributed by atoms with Gasteiger partial charge in [-0.05, 0) is 12.2 Å². The van der Waals surface area contributed by atoms with Crippen molar-refractivity contribution in [1.29, 1.82) is 0 Å². The molecule has 18 heavy (non-hydrogen) atoms. The highest BCUT2D eigenvalue weighted by atomic mass is 32.2. The molecule has 1 unspecified atom stereocenters. The van der Waals surface area contributed by atoms with E-state index in [0.29, 0.717) is 29.0 Å². The van der Waals surface area contributed by atoms with Crippen molar-refractivity contribution in [3.8, 4) is 0 Å². The molecule has 5 nitrogen and oxygen atoms in total. The van der Waals surface area contributed by atoms with Gasteiger partial charge < -0.3 is 0 Å². The maximum atomic E-state index is 11.9. The fraction of sp³-hybridized carbons (Fsp3) is 0.600. The summed E-state index contributed by atoms with van der Waals surface area (Å²) in [6.45, 7) is 2.19. The molecular formula is C10H13N3O2S3. The summed E-state index contributed by atoms with van der Waals surface area (Å²) in [4.78, 5) is 28.8. The molecule has 1 amide bonds. The second-order valence-electron chi connectivity index (χ2n) is 3.94. The van der Waals surface area contributed by atoms with Gasteiger partial charge in [-0.15, -0.1) is 0 Å². The van der Waals surface area contributed by atoms with Crippen LogP contribution in [0.2, 0.25) is 0 Å². The summed E-state index contributed by atoms with van der Waals surface area (Å²) in [5, 5.41) is 1.46. The summed E-state index contributed by atoms with van der Waals surface area (Å²) in [5.41, 5.74) is 0. The predicted molar refractivity (Wildman–Crippen MR) is 75.3 cm³/mol. The highest BCUT2D eigenvalue weighted by molar-refractivity contribution is 8.13. The largest absolute Gasteiger partial charge is 0.288 e. The van der Waals surface area contributed by atoms with E-state index in [9.17, 15) is 9.59 Å². The van der Waals surface area contributed by atoms with Crippen molar-refractivity contribution in [1.82, 2.24) is 9.36 Å². The van der Waals surface area contributed by atoms with Crippen LogP contribution in [0.15, 0.2) is 5.16 Å². The number of rotatable bonds is 4. The number of anilines is 1. The first-order valence-corrected chi connectivity index (χ1v) is 8.40. The van der Waals surface area contributed by atoms with Gasteiger partial charge in [-0.25, -0.2) is 0 Å². The first kappa shape index (κ1) is 13.8. The Kier molecular flexibility index (Phi) is 4.63. The van der Waals surface area contributed by atoms with Gasteiger partial charge in [0.1, 0.15) is 0 Å². The van der Waals surface area contributed by atoms with Crippen molar-refractivity contribution in [2.24, 2.45) is 5.92 Å². The van der Waals surface area contributed by atoms with Gasteiger partial charge in [0.25, 0.3) is 0 Å². The van der Waals surface area contributed by atoms with E-state index in [4.69, 9.17) is 0 Å². The molecule has 1 aliphatic rings. The molecule has 1 aromatic rings. The lowest BCUT2D eigenvalue weighted by atomic mass is 10.1. The fourth-order valence-electron chi connectivity index (χ4n) is 1.71. The van der Waals surface area contributed by atoms with E-state index in [1.807, 2.05) is 6.26 Å². The Bertz CT molecular complexity index is 463. The standard InChI is InChI=1S/C10H13N3O2S3/c1-6(14)17-5-7-3-8(15)13(4-7)10-11-9(16-2)12-18-10/h7H,3-5H2,1-2H3. The number of thioether (sulfide) groups is 2. The number of nitrogens with zero attached hydrogens (tertiary/aromatic N) is 3. The van der Waals surface area contributed by atoms with Crippen LogP contribution in [-0.2, 0) is 9.59 Å². The van der Waals surface area contributed by atoms with Crippen molar-refractivity contribution in [3.05, 3.63) is 0 Å². The van der Waals surface area contributed by atoms with E-state index in [-0.39, 0.29) is 16.9 Å². The Labute approximate surface area is 118 Å². The Balaban J connectivity index is 1.98. The van der Waals surface area contributed by atoms with Crippen molar-refractivity contribution in [3.63, 3.8) is 0 Å². The minimum absolute atomic E-state index is 0.0768. The van der Waals surface area contributed by atoms with E-state index in [1.165, 1.54) is 35.1 Å². The third-order valence-electron chi connectivity index (χ3n) is 2.54. The van der Waals surface area contributed by atoms with E-state index in [1.54, 1.807) is 11.8 Å². The van der Waals surface area contributed by atoms with Gasteiger partial charge in [0.05, 0.1) is 0 Å². The maximum absolute atomic E-state index is 11.9. The lowest BCUT2D eigenvalue weighted by molar-refractivity contribution is -0.117. The van der Waals surface area contributed by atoms with Crippen molar-refractivity contribution >= 4 is 51.2 Å². The normalized spacial score (nSPS) is 19.6. The van der Waals surface area contributed by atoms with Crippen LogP contribution in [0.3, 0.4) is 0 Å². The van der Waals surface area contributed by atoms with Crippen molar-refractivity contribution in [2.75, 3.05) is 23.5 Å². The summed E-state index contributed by atoms with van der Waals surface area (Å²) in [7, 11) is 0. The highest BCUT2D eigenvalue weighted by Gasteiger charge is 2.32. The number of carbonyl (C=O) groups is 2. The van der Waals surface area contributed by atoms with Crippen LogP contribution in [0.5, 0.6) is 0 Å². The van der Waals surface area contributed by atoms with Gasteiger partial charge in [0.2, 0.25) is 16.2 Å². The molecule has 1 fully saturated rings. The molecule has 0 spiro atoms. The van der Waals surface area contributed by atoms with Crippen LogP contribution in [0.1, 0.15) is 13.3 Å². The number of hydrogen-bond acceptors (Lipinski definition) is 7. The van der Waals surface area contributed by atoms with Crippen molar-refractivity contribution < 1.29 is 9.59 Å². The summed E-state index contributed by atoms with van der Waals surface area (Å²) in [5.74, 6) is 1.01. The van der Waals surface area contributed by atoms with Gasteiger partial charge in [-0.3, -0.25) is 14.5 Å². The van der Waals surface area contributed by atoms with Crippen molar-refractivity contribution in [2.45, 2.75) is 18.5 Å². The molecule has 8 heteroatoms. The second-order valence-corrected chi connectivity index (χ2v) is 6.64. The van der Waals surface area contributed by atoms with Crippen LogP contribution < -0.4 is 4.90 Å². The lowest BCUT2D eigenvalue weighted by Gasteiger charge is -2.11. The van der Waals surface area contributed by atoms with E-state index in [2.05, 4.69) is 9.36 Å². The molecule has 2 rings (SSSR count). The van der Waals surface area contributed by atoms with Crippen LogP contribution in [-0.4, -0.2) is 38.9 Å². The Hall–Kier alpha value is -0.600. The van der Waals surface area contributed by atoms with Gasteiger partial charge >= 0.3 is 0 Å². The first-order chi connectivity index (χ1) is 8.60. The second kappa shape index (κ2) is 6.03.